The lowest BCUT2D eigenvalue weighted by molar-refractivity contribution is 1.13. The minimum Gasteiger partial charge on any atom is -0.375 e. The van der Waals surface area contributed by atoms with Crippen molar-refractivity contribution >= 4 is 89.1 Å². The second kappa shape index (κ2) is 9.55. The summed E-state index contributed by atoms with van der Waals surface area (Å²) < 4.78 is 5.02. The molecule has 3 nitrogen and oxygen atoms in total. The van der Waals surface area contributed by atoms with Crippen molar-refractivity contribution in [2.45, 2.75) is 0 Å². The normalized spacial score (nSPS) is 13.1. The summed E-state index contributed by atoms with van der Waals surface area (Å²) in [6.07, 6.45) is 2.26. The zero-order valence-electron chi connectivity index (χ0n) is 27.1. The number of para-hydroxylation sites is 3. The molecule has 12 rings (SSSR count). The molecule has 50 heavy (non-hydrogen) atoms. The number of hydrogen-bond donors (Lipinski definition) is 0. The van der Waals surface area contributed by atoms with Gasteiger partial charge in [-0.3, -0.25) is 0 Å². The van der Waals surface area contributed by atoms with Crippen LogP contribution in [-0.4, -0.2) is 15.9 Å². The van der Waals surface area contributed by atoms with Gasteiger partial charge in [-0.1, -0.05) is 127 Å². The van der Waals surface area contributed by atoms with Crippen molar-refractivity contribution < 1.29 is 0 Å². The van der Waals surface area contributed by atoms with E-state index in [1.165, 1.54) is 93.4 Å². The summed E-state index contributed by atoms with van der Waals surface area (Å²) in [5, 5.41) is 8.87. The Bertz CT molecular complexity index is 3050. The largest absolute Gasteiger partial charge is 0.375 e. The lowest BCUT2D eigenvalue weighted by Gasteiger charge is -2.41. The Labute approximate surface area is 288 Å². The van der Waals surface area contributed by atoms with Gasteiger partial charge in [-0.05, 0) is 63.7 Å². The molecule has 2 aliphatic rings. The van der Waals surface area contributed by atoms with Gasteiger partial charge < -0.3 is 13.9 Å². The first-order valence-corrected chi connectivity index (χ1v) is 17.4. The van der Waals surface area contributed by atoms with Crippen LogP contribution < -0.4 is 15.8 Å². The third kappa shape index (κ3) is 3.26. The fraction of sp³-hybridized carbons (Fsp3) is 0. The summed E-state index contributed by atoms with van der Waals surface area (Å²) in [5.74, 6) is 0. The molecule has 0 spiro atoms. The zero-order chi connectivity index (χ0) is 32.5. The second-order valence-electron chi connectivity index (χ2n) is 13.7. The highest BCUT2D eigenvalue weighted by molar-refractivity contribution is 6.90. The van der Waals surface area contributed by atoms with E-state index in [9.17, 15) is 0 Å². The first-order valence-electron chi connectivity index (χ1n) is 17.4. The van der Waals surface area contributed by atoms with Gasteiger partial charge in [0.25, 0.3) is 0 Å². The Morgan fingerprint density at radius 3 is 2.04 bits per heavy atom. The molecule has 0 N–H and O–H groups in total. The molecule has 2 aliphatic heterocycles. The van der Waals surface area contributed by atoms with E-state index in [-0.39, 0.29) is 6.85 Å². The summed E-state index contributed by atoms with van der Waals surface area (Å²) in [6.45, 7) is -0.00684. The van der Waals surface area contributed by atoms with Crippen LogP contribution in [0.25, 0.3) is 71.1 Å². The molecular weight excluding hydrogens is 605 g/mol. The lowest BCUT2D eigenvalue weighted by atomic mass is 9.44. The third-order valence-electron chi connectivity index (χ3n) is 11.3. The molecule has 2 aromatic heterocycles. The van der Waals surface area contributed by atoms with E-state index in [1.54, 1.807) is 0 Å². The maximum Gasteiger partial charge on any atom is 0.333 e. The number of aromatic nitrogens is 2. The molecule has 4 heteroatoms. The average Bonchev–Trinajstić information content (AvgIpc) is 3.76. The molecule has 0 saturated carbocycles. The molecule has 0 saturated heterocycles. The van der Waals surface area contributed by atoms with Gasteiger partial charge in [0.2, 0.25) is 0 Å². The van der Waals surface area contributed by atoms with Crippen LogP contribution in [0.15, 0.2) is 170 Å². The first-order chi connectivity index (χ1) is 24.8. The Hall–Kier alpha value is -6.52. The minimum atomic E-state index is -0.00684. The predicted octanol–water partition coefficient (Wildman–Crippen LogP) is 10.5. The molecule has 0 unspecified atom stereocenters. The van der Waals surface area contributed by atoms with Gasteiger partial charge in [0.05, 0.1) is 16.9 Å². The van der Waals surface area contributed by atoms with Crippen LogP contribution >= 0.6 is 0 Å². The van der Waals surface area contributed by atoms with E-state index in [1.807, 2.05) is 0 Å². The average molecular weight is 634 g/mol. The molecule has 0 fully saturated rings. The topological polar surface area (TPSA) is 13.1 Å². The number of anilines is 3. The van der Waals surface area contributed by atoms with Crippen LogP contribution in [0.1, 0.15) is 0 Å². The van der Waals surface area contributed by atoms with Crippen LogP contribution in [-0.2, 0) is 0 Å². The second-order valence-corrected chi connectivity index (χ2v) is 13.7. The smallest absolute Gasteiger partial charge is 0.333 e. The molecule has 0 aliphatic carbocycles. The first kappa shape index (κ1) is 26.4. The van der Waals surface area contributed by atoms with Crippen molar-refractivity contribution in [1.82, 2.24) is 9.05 Å². The molecular formula is C46H28BN3. The number of rotatable bonds is 2. The van der Waals surface area contributed by atoms with Gasteiger partial charge in [-0.25, -0.2) is 0 Å². The Morgan fingerprint density at radius 2 is 1.16 bits per heavy atom. The van der Waals surface area contributed by atoms with Crippen molar-refractivity contribution in [3.8, 4) is 16.8 Å². The van der Waals surface area contributed by atoms with Crippen LogP contribution in [0.3, 0.4) is 0 Å². The summed E-state index contributed by atoms with van der Waals surface area (Å²) >= 11 is 0. The van der Waals surface area contributed by atoms with Crippen LogP contribution in [0, 0.1) is 0 Å². The van der Waals surface area contributed by atoms with Crippen molar-refractivity contribution in [3.63, 3.8) is 0 Å². The van der Waals surface area contributed by atoms with E-state index >= 15 is 0 Å². The minimum absolute atomic E-state index is 0.00684. The van der Waals surface area contributed by atoms with Crippen LogP contribution in [0.2, 0.25) is 0 Å². The standard InChI is InChI=1S/C46H28BN3/c1-2-15-31(16-3-1)48-27-26-36-41(48)28-42-44-43(36)37-21-11-20-35-34-19-8-9-22-40(34)50(45(35)37)47(44)38-25-24-30-13-5-7-18-33(30)46(38)49(42)39-23-10-14-29-12-4-6-17-32(29)39/h1-28H. The third-order valence-corrected chi connectivity index (χ3v) is 11.3. The highest BCUT2D eigenvalue weighted by atomic mass is 15.2. The van der Waals surface area contributed by atoms with Gasteiger partial charge in [-0.2, -0.15) is 0 Å². The molecule has 0 radical (unpaired) electrons. The van der Waals surface area contributed by atoms with E-state index < -0.39 is 0 Å². The van der Waals surface area contributed by atoms with E-state index in [2.05, 4.69) is 184 Å². The summed E-state index contributed by atoms with van der Waals surface area (Å²) in [4.78, 5) is 2.59. The number of hydrogen-bond acceptors (Lipinski definition) is 1. The van der Waals surface area contributed by atoms with Crippen molar-refractivity contribution in [2.24, 2.45) is 0 Å². The highest BCUT2D eigenvalue weighted by Gasteiger charge is 2.44. The monoisotopic (exact) mass is 633 g/mol. The van der Waals surface area contributed by atoms with Crippen molar-refractivity contribution in [3.05, 3.63) is 170 Å². The van der Waals surface area contributed by atoms with Gasteiger partial charge in [-0.15, -0.1) is 0 Å². The Kier molecular flexibility index (Phi) is 5.05. The van der Waals surface area contributed by atoms with Crippen LogP contribution in [0.4, 0.5) is 17.1 Å². The summed E-state index contributed by atoms with van der Waals surface area (Å²) in [7, 11) is 0. The van der Waals surface area contributed by atoms with Crippen molar-refractivity contribution in [2.75, 3.05) is 4.90 Å². The zero-order valence-corrected chi connectivity index (χ0v) is 27.1. The molecule has 0 amide bonds. The fourth-order valence-electron chi connectivity index (χ4n) is 9.31. The van der Waals surface area contributed by atoms with Gasteiger partial charge in [0.15, 0.2) is 0 Å². The van der Waals surface area contributed by atoms with E-state index in [0.29, 0.717) is 0 Å². The molecule has 0 bridgehead atoms. The highest BCUT2D eigenvalue weighted by Crippen LogP contribution is 2.50. The maximum atomic E-state index is 2.65. The fourth-order valence-corrected chi connectivity index (χ4v) is 9.31. The van der Waals surface area contributed by atoms with Gasteiger partial charge >= 0.3 is 6.85 Å². The maximum absolute atomic E-state index is 2.65. The van der Waals surface area contributed by atoms with Gasteiger partial charge in [0.1, 0.15) is 0 Å². The van der Waals surface area contributed by atoms with Gasteiger partial charge in [0, 0.05) is 61.1 Å². The summed E-state index contributed by atoms with van der Waals surface area (Å²) in [5.41, 5.74) is 14.0. The quantitative estimate of drug-likeness (QED) is 0.173. The SMILES string of the molecule is c1ccc(-n2ccc3c4c5c(cc32)N(c2cccc3ccccc23)c2c(ccc3ccccc23)B5n2c3ccccc3c3cccc-4c32)cc1. The Morgan fingerprint density at radius 1 is 0.460 bits per heavy atom. The predicted molar refractivity (Wildman–Crippen MR) is 212 cm³/mol. The lowest BCUT2D eigenvalue weighted by Crippen LogP contribution is -2.56. The van der Waals surface area contributed by atoms with E-state index in [0.717, 1.165) is 5.69 Å². The molecule has 230 valence electrons. The van der Waals surface area contributed by atoms with E-state index in [4.69, 9.17) is 0 Å². The van der Waals surface area contributed by atoms with Crippen LogP contribution in [0.5, 0.6) is 0 Å². The number of benzene rings is 8. The molecule has 4 heterocycles. The molecule has 10 aromatic rings. The Balaban J connectivity index is 1.34. The summed E-state index contributed by atoms with van der Waals surface area (Å²) in [6, 6.07) is 60.7. The number of nitrogens with zero attached hydrogens (tertiary/aromatic N) is 3. The molecule has 0 atom stereocenters. The van der Waals surface area contributed by atoms with Crippen molar-refractivity contribution in [1.29, 1.82) is 0 Å². The number of fused-ring (bicyclic) bond motifs is 12. The molecule has 8 aromatic carbocycles.